The highest BCUT2D eigenvalue weighted by molar-refractivity contribution is 5.80. The number of fused-ring (bicyclic) bond motifs is 1. The van der Waals surface area contributed by atoms with E-state index in [4.69, 9.17) is 4.74 Å². The minimum absolute atomic E-state index is 0.393. The van der Waals surface area contributed by atoms with Crippen LogP contribution in [-0.2, 0) is 7.05 Å². The number of nitrogens with zero attached hydrogens (tertiary/aromatic N) is 3. The Hall–Kier alpha value is -2.50. The molecule has 0 aliphatic rings. The van der Waals surface area contributed by atoms with Gasteiger partial charge in [0.2, 0.25) is 0 Å². The van der Waals surface area contributed by atoms with Crippen LogP contribution in [0.15, 0.2) is 30.6 Å². The third-order valence-electron chi connectivity index (χ3n) is 3.13. The molecular formula is C14H11F2N3O. The average Bonchev–Trinajstić information content (AvgIpc) is 2.77. The molecule has 0 aliphatic heterocycles. The van der Waals surface area contributed by atoms with Crippen LogP contribution in [0.2, 0.25) is 0 Å². The summed E-state index contributed by atoms with van der Waals surface area (Å²) in [4.78, 5) is 8.37. The van der Waals surface area contributed by atoms with Gasteiger partial charge in [0.15, 0.2) is 11.6 Å². The Labute approximate surface area is 113 Å². The predicted octanol–water partition coefficient (Wildman–Crippen LogP) is 2.92. The van der Waals surface area contributed by atoms with E-state index in [9.17, 15) is 8.78 Å². The van der Waals surface area contributed by atoms with E-state index in [1.807, 2.05) is 0 Å². The molecule has 0 radical (unpaired) electrons. The lowest BCUT2D eigenvalue weighted by Crippen LogP contribution is -1.94. The number of pyridine rings is 1. The Balaban J connectivity index is 2.23. The van der Waals surface area contributed by atoms with Crippen molar-refractivity contribution in [2.24, 2.45) is 7.05 Å². The van der Waals surface area contributed by atoms with Crippen molar-refractivity contribution in [3.8, 4) is 17.1 Å². The number of hydrogen-bond acceptors (Lipinski definition) is 3. The minimum atomic E-state index is -0.911. The molecule has 2 aromatic heterocycles. The lowest BCUT2D eigenvalue weighted by Gasteiger charge is -2.04. The molecule has 2 heterocycles. The number of benzene rings is 1. The van der Waals surface area contributed by atoms with Crippen LogP contribution >= 0.6 is 0 Å². The number of aryl methyl sites for hydroxylation is 1. The molecule has 0 N–H and O–H groups in total. The SMILES string of the molecule is COc1cncc(-c2nc3cc(F)c(F)cc3n2C)c1. The summed E-state index contributed by atoms with van der Waals surface area (Å²) < 4.78 is 33.4. The quantitative estimate of drug-likeness (QED) is 0.722. The fourth-order valence-electron chi connectivity index (χ4n) is 2.10. The maximum atomic E-state index is 13.3. The van der Waals surface area contributed by atoms with Gasteiger partial charge in [-0.2, -0.15) is 0 Å². The van der Waals surface area contributed by atoms with Gasteiger partial charge in [-0.15, -0.1) is 0 Å². The van der Waals surface area contributed by atoms with Crippen molar-refractivity contribution < 1.29 is 13.5 Å². The zero-order valence-corrected chi connectivity index (χ0v) is 10.9. The van der Waals surface area contributed by atoms with Crippen molar-refractivity contribution in [2.75, 3.05) is 7.11 Å². The molecule has 0 saturated carbocycles. The second-order valence-electron chi connectivity index (χ2n) is 4.36. The Bertz CT molecular complexity index is 798. The van der Waals surface area contributed by atoms with Gasteiger partial charge in [-0.1, -0.05) is 0 Å². The molecular weight excluding hydrogens is 264 g/mol. The second kappa shape index (κ2) is 4.56. The van der Waals surface area contributed by atoms with Gasteiger partial charge in [-0.05, 0) is 6.07 Å². The van der Waals surface area contributed by atoms with Gasteiger partial charge in [-0.3, -0.25) is 4.98 Å². The largest absolute Gasteiger partial charge is 0.495 e. The van der Waals surface area contributed by atoms with Crippen LogP contribution in [0.4, 0.5) is 8.78 Å². The number of ether oxygens (including phenoxy) is 1. The molecule has 0 saturated heterocycles. The number of rotatable bonds is 2. The smallest absolute Gasteiger partial charge is 0.161 e. The molecule has 0 fully saturated rings. The number of halogens is 2. The van der Waals surface area contributed by atoms with Gasteiger partial charge >= 0.3 is 0 Å². The molecule has 102 valence electrons. The summed E-state index contributed by atoms with van der Waals surface area (Å²) in [5, 5.41) is 0. The molecule has 3 rings (SSSR count). The zero-order chi connectivity index (χ0) is 14.3. The summed E-state index contributed by atoms with van der Waals surface area (Å²) in [6.45, 7) is 0. The number of methoxy groups -OCH3 is 1. The van der Waals surface area contributed by atoms with Crippen LogP contribution in [0, 0.1) is 11.6 Å². The van der Waals surface area contributed by atoms with Crippen molar-refractivity contribution in [2.45, 2.75) is 0 Å². The van der Waals surface area contributed by atoms with Crippen molar-refractivity contribution in [3.63, 3.8) is 0 Å². The maximum Gasteiger partial charge on any atom is 0.161 e. The summed E-state index contributed by atoms with van der Waals surface area (Å²) in [6, 6.07) is 3.98. The van der Waals surface area contributed by atoms with Crippen LogP contribution in [-0.4, -0.2) is 21.6 Å². The number of aromatic nitrogens is 3. The highest BCUT2D eigenvalue weighted by atomic mass is 19.2. The molecule has 0 spiro atoms. The molecule has 0 aliphatic carbocycles. The standard InChI is InChI=1S/C14H11F2N3O/c1-19-13-5-11(16)10(15)4-12(13)18-14(19)8-3-9(20-2)7-17-6-8/h3-7H,1-2H3. The topological polar surface area (TPSA) is 39.9 Å². The van der Waals surface area contributed by atoms with Gasteiger partial charge in [-0.25, -0.2) is 13.8 Å². The zero-order valence-electron chi connectivity index (χ0n) is 10.9. The highest BCUT2D eigenvalue weighted by Gasteiger charge is 2.14. The highest BCUT2D eigenvalue weighted by Crippen LogP contribution is 2.26. The first-order valence-corrected chi connectivity index (χ1v) is 5.91. The normalized spacial score (nSPS) is 11.0. The Kier molecular flexibility index (Phi) is 2.85. The lowest BCUT2D eigenvalue weighted by atomic mass is 10.2. The summed E-state index contributed by atoms with van der Waals surface area (Å²) >= 11 is 0. The third kappa shape index (κ3) is 1.89. The van der Waals surface area contributed by atoms with E-state index >= 15 is 0 Å². The van der Waals surface area contributed by atoms with E-state index in [2.05, 4.69) is 9.97 Å². The molecule has 4 nitrogen and oxygen atoms in total. The number of hydrogen-bond donors (Lipinski definition) is 0. The monoisotopic (exact) mass is 275 g/mol. The molecule has 6 heteroatoms. The first-order valence-electron chi connectivity index (χ1n) is 5.91. The average molecular weight is 275 g/mol. The van der Waals surface area contributed by atoms with Crippen LogP contribution in [0.25, 0.3) is 22.4 Å². The molecule has 0 atom stereocenters. The summed E-state index contributed by atoms with van der Waals surface area (Å²) in [5.41, 5.74) is 1.62. The van der Waals surface area contributed by atoms with Crippen LogP contribution in [0.1, 0.15) is 0 Å². The van der Waals surface area contributed by atoms with Crippen LogP contribution in [0.5, 0.6) is 5.75 Å². The Morgan fingerprint density at radius 1 is 1.10 bits per heavy atom. The van der Waals surface area contributed by atoms with E-state index in [1.165, 1.54) is 0 Å². The first kappa shape index (κ1) is 12.5. The van der Waals surface area contributed by atoms with Gasteiger partial charge in [0, 0.05) is 30.9 Å². The Morgan fingerprint density at radius 3 is 2.60 bits per heavy atom. The molecule has 0 bridgehead atoms. The predicted molar refractivity (Wildman–Crippen MR) is 70.4 cm³/mol. The molecule has 3 aromatic rings. The van der Waals surface area contributed by atoms with E-state index in [0.29, 0.717) is 28.2 Å². The number of imidazole rings is 1. The van der Waals surface area contributed by atoms with Crippen LogP contribution in [0.3, 0.4) is 0 Å². The van der Waals surface area contributed by atoms with Gasteiger partial charge in [0.25, 0.3) is 0 Å². The fraction of sp³-hybridized carbons (Fsp3) is 0.143. The minimum Gasteiger partial charge on any atom is -0.495 e. The van der Waals surface area contributed by atoms with E-state index < -0.39 is 11.6 Å². The van der Waals surface area contributed by atoms with E-state index in [1.54, 1.807) is 37.2 Å². The third-order valence-corrected chi connectivity index (χ3v) is 3.13. The fourth-order valence-corrected chi connectivity index (χ4v) is 2.10. The molecule has 20 heavy (non-hydrogen) atoms. The van der Waals surface area contributed by atoms with E-state index in [-0.39, 0.29) is 0 Å². The maximum absolute atomic E-state index is 13.3. The second-order valence-corrected chi connectivity index (χ2v) is 4.36. The van der Waals surface area contributed by atoms with Crippen molar-refractivity contribution in [1.29, 1.82) is 0 Å². The first-order chi connectivity index (χ1) is 9.60. The molecule has 0 unspecified atom stereocenters. The van der Waals surface area contributed by atoms with Gasteiger partial charge in [0.1, 0.15) is 11.6 Å². The van der Waals surface area contributed by atoms with Gasteiger partial charge < -0.3 is 9.30 Å². The summed E-state index contributed by atoms with van der Waals surface area (Å²) in [6.07, 6.45) is 3.20. The summed E-state index contributed by atoms with van der Waals surface area (Å²) in [7, 11) is 3.28. The van der Waals surface area contributed by atoms with Crippen molar-refractivity contribution in [1.82, 2.24) is 14.5 Å². The molecule has 1 aromatic carbocycles. The van der Waals surface area contributed by atoms with Gasteiger partial charge in [0.05, 0.1) is 24.3 Å². The van der Waals surface area contributed by atoms with E-state index in [0.717, 1.165) is 12.1 Å². The lowest BCUT2D eigenvalue weighted by molar-refractivity contribution is 0.413. The Morgan fingerprint density at radius 2 is 1.85 bits per heavy atom. The van der Waals surface area contributed by atoms with Crippen LogP contribution < -0.4 is 4.74 Å². The summed E-state index contributed by atoms with van der Waals surface area (Å²) in [5.74, 6) is -0.648. The molecule has 0 amide bonds. The van der Waals surface area contributed by atoms with Crippen molar-refractivity contribution >= 4 is 11.0 Å². The van der Waals surface area contributed by atoms with Crippen molar-refractivity contribution in [3.05, 3.63) is 42.2 Å².